The predicted octanol–water partition coefficient (Wildman–Crippen LogP) is 1.89. The Morgan fingerprint density at radius 2 is 1.77 bits per heavy atom. The van der Waals surface area contributed by atoms with Crippen molar-refractivity contribution in [2.45, 2.75) is 32.6 Å². The Morgan fingerprint density at radius 1 is 1.18 bits per heavy atom. The molecule has 1 N–H and O–H groups in total. The predicted molar refractivity (Wildman–Crippen MR) is 75.6 cm³/mol. The first-order valence-electron chi connectivity index (χ1n) is 6.85. The number of amides is 1. The van der Waals surface area contributed by atoms with Gasteiger partial charge in [-0.1, -0.05) is 19.1 Å². The molecule has 0 saturated carbocycles. The van der Waals surface area contributed by atoms with Crippen molar-refractivity contribution in [3.05, 3.63) is 34.7 Å². The summed E-state index contributed by atoms with van der Waals surface area (Å²) in [6, 6.07) is 6.89. The second kappa shape index (κ2) is 6.25. The lowest BCUT2D eigenvalue weighted by Crippen LogP contribution is -2.38. The Balaban J connectivity index is 2.30. The molecule has 0 spiro atoms. The second-order valence-corrected chi connectivity index (χ2v) is 4.90. The van der Waals surface area contributed by atoms with E-state index < -0.39 is 30.9 Å². The average Bonchev–Trinajstić information content (AvgIpc) is 2.71. The van der Waals surface area contributed by atoms with Crippen molar-refractivity contribution in [2.24, 2.45) is 0 Å². The summed E-state index contributed by atoms with van der Waals surface area (Å²) in [4.78, 5) is 24.0. The van der Waals surface area contributed by atoms with Gasteiger partial charge in [0.1, 0.15) is 13.1 Å². The summed E-state index contributed by atoms with van der Waals surface area (Å²) in [6.45, 7) is 0.547. The normalized spacial score (nSPS) is 11.8. The van der Waals surface area contributed by atoms with Crippen LogP contribution >= 0.6 is 0 Å². The van der Waals surface area contributed by atoms with Crippen LogP contribution in [0, 0.1) is 0 Å². The van der Waals surface area contributed by atoms with Gasteiger partial charge in [0.25, 0.3) is 0 Å². The van der Waals surface area contributed by atoms with Crippen molar-refractivity contribution in [1.29, 1.82) is 0 Å². The van der Waals surface area contributed by atoms with Gasteiger partial charge in [0.15, 0.2) is 0 Å². The monoisotopic (exact) mass is 315 g/mol. The van der Waals surface area contributed by atoms with E-state index in [1.807, 2.05) is 6.92 Å². The van der Waals surface area contributed by atoms with Crippen molar-refractivity contribution in [1.82, 2.24) is 14.5 Å². The quantitative estimate of drug-likeness (QED) is 0.916. The van der Waals surface area contributed by atoms with Gasteiger partial charge in [-0.25, -0.2) is 4.79 Å². The summed E-state index contributed by atoms with van der Waals surface area (Å²) < 4.78 is 39.0. The van der Waals surface area contributed by atoms with E-state index in [-0.39, 0.29) is 0 Å². The molecule has 2 rings (SSSR count). The Hall–Kier alpha value is -2.25. The van der Waals surface area contributed by atoms with Gasteiger partial charge in [-0.15, -0.1) is 0 Å². The molecule has 5 nitrogen and oxygen atoms in total. The fraction of sp³-hybridized carbons (Fsp3) is 0.429. The number of nitrogens with zero attached hydrogens (tertiary/aromatic N) is 2. The molecule has 0 aliphatic carbocycles. The van der Waals surface area contributed by atoms with Crippen LogP contribution in [-0.2, 0) is 17.9 Å². The van der Waals surface area contributed by atoms with E-state index >= 15 is 0 Å². The molecule has 0 bridgehead atoms. The molecular formula is C14H16F3N3O2. The highest BCUT2D eigenvalue weighted by molar-refractivity contribution is 5.80. The number of carbonyl (C=O) groups excluding carboxylic acids is 1. The minimum absolute atomic E-state index is 0.398. The molecule has 8 heteroatoms. The van der Waals surface area contributed by atoms with Gasteiger partial charge < -0.3 is 5.32 Å². The number of hydrogen-bond donors (Lipinski definition) is 1. The smallest absolute Gasteiger partial charge is 0.345 e. The first-order chi connectivity index (χ1) is 10.3. The highest BCUT2D eigenvalue weighted by Crippen LogP contribution is 2.14. The first kappa shape index (κ1) is 16.1. The molecule has 0 saturated heterocycles. The number of imidazole rings is 1. The maximum Gasteiger partial charge on any atom is 0.405 e. The van der Waals surface area contributed by atoms with Gasteiger partial charge in [-0.2, -0.15) is 13.2 Å². The van der Waals surface area contributed by atoms with Crippen LogP contribution in [0.3, 0.4) is 0 Å². The lowest BCUT2D eigenvalue weighted by molar-refractivity contribution is -0.138. The Morgan fingerprint density at radius 3 is 2.32 bits per heavy atom. The van der Waals surface area contributed by atoms with Crippen molar-refractivity contribution in [3.63, 3.8) is 0 Å². The van der Waals surface area contributed by atoms with Crippen LogP contribution in [0.25, 0.3) is 11.0 Å². The fourth-order valence-corrected chi connectivity index (χ4v) is 2.26. The fourth-order valence-electron chi connectivity index (χ4n) is 2.26. The number of fused-ring (bicyclic) bond motifs is 1. The Bertz CT molecular complexity index is 731. The molecule has 1 heterocycles. The van der Waals surface area contributed by atoms with E-state index in [0.29, 0.717) is 17.6 Å². The minimum Gasteiger partial charge on any atom is -0.345 e. The van der Waals surface area contributed by atoms with Crippen LogP contribution in [0.4, 0.5) is 13.2 Å². The van der Waals surface area contributed by atoms with Crippen LogP contribution in [0.15, 0.2) is 29.1 Å². The third-order valence-corrected chi connectivity index (χ3v) is 3.16. The standard InChI is InChI=1S/C14H16F3N3O2/c1-2-7-19-10-5-3-4-6-11(10)20(13(19)22)8-12(21)18-9-14(15,16)17/h3-6H,2,7-9H2,1H3,(H,18,21). The molecule has 120 valence electrons. The molecule has 22 heavy (non-hydrogen) atoms. The zero-order chi connectivity index (χ0) is 16.3. The number of aryl methyl sites for hydroxylation is 1. The van der Waals surface area contributed by atoms with Crippen molar-refractivity contribution < 1.29 is 18.0 Å². The average molecular weight is 315 g/mol. The molecule has 1 amide bonds. The van der Waals surface area contributed by atoms with E-state index in [2.05, 4.69) is 0 Å². The molecule has 1 aromatic carbocycles. The van der Waals surface area contributed by atoms with Crippen molar-refractivity contribution in [2.75, 3.05) is 6.54 Å². The summed E-state index contributed by atoms with van der Waals surface area (Å²) in [7, 11) is 0. The van der Waals surface area contributed by atoms with Crippen molar-refractivity contribution in [3.8, 4) is 0 Å². The molecule has 0 aliphatic rings. The summed E-state index contributed by atoms with van der Waals surface area (Å²) in [5, 5.41) is 1.77. The zero-order valence-corrected chi connectivity index (χ0v) is 12.0. The van der Waals surface area contributed by atoms with E-state index in [1.165, 1.54) is 9.13 Å². The number of carbonyl (C=O) groups is 1. The number of hydrogen-bond acceptors (Lipinski definition) is 2. The number of aromatic nitrogens is 2. The number of para-hydroxylation sites is 2. The first-order valence-corrected chi connectivity index (χ1v) is 6.85. The van der Waals surface area contributed by atoms with E-state index in [0.717, 1.165) is 6.42 Å². The van der Waals surface area contributed by atoms with Crippen LogP contribution in [-0.4, -0.2) is 27.8 Å². The Labute approximate surface area is 124 Å². The largest absolute Gasteiger partial charge is 0.405 e. The summed E-state index contributed by atoms with van der Waals surface area (Å²) in [5.41, 5.74) is 0.797. The van der Waals surface area contributed by atoms with Gasteiger partial charge >= 0.3 is 11.9 Å². The number of alkyl halides is 3. The highest BCUT2D eigenvalue weighted by Gasteiger charge is 2.28. The molecule has 0 atom stereocenters. The van der Waals surface area contributed by atoms with Gasteiger partial charge in [0.2, 0.25) is 5.91 Å². The maximum absolute atomic E-state index is 12.3. The molecule has 0 radical (unpaired) electrons. The van der Waals surface area contributed by atoms with Crippen LogP contribution in [0.1, 0.15) is 13.3 Å². The Kier molecular flexibility index (Phi) is 4.58. The third kappa shape index (κ3) is 3.49. The molecule has 2 aromatic rings. The second-order valence-electron chi connectivity index (χ2n) is 4.90. The van der Waals surface area contributed by atoms with Gasteiger partial charge in [0, 0.05) is 6.54 Å². The molecule has 1 aromatic heterocycles. The molecule has 0 fully saturated rings. The highest BCUT2D eigenvalue weighted by atomic mass is 19.4. The molecular weight excluding hydrogens is 299 g/mol. The van der Waals surface area contributed by atoms with Crippen LogP contribution in [0.2, 0.25) is 0 Å². The number of benzene rings is 1. The maximum atomic E-state index is 12.3. The van der Waals surface area contributed by atoms with Crippen LogP contribution in [0.5, 0.6) is 0 Å². The molecule has 0 unspecified atom stereocenters. The minimum atomic E-state index is -4.48. The molecule has 0 aliphatic heterocycles. The summed E-state index contributed by atoms with van der Waals surface area (Å²) in [6.07, 6.45) is -3.75. The lowest BCUT2D eigenvalue weighted by Gasteiger charge is -2.08. The number of halogens is 3. The number of nitrogens with one attached hydrogen (secondary N) is 1. The van der Waals surface area contributed by atoms with E-state index in [9.17, 15) is 22.8 Å². The zero-order valence-electron chi connectivity index (χ0n) is 12.0. The van der Waals surface area contributed by atoms with E-state index in [4.69, 9.17) is 0 Å². The summed E-state index contributed by atoms with van der Waals surface area (Å²) in [5.74, 6) is -0.848. The van der Waals surface area contributed by atoms with Gasteiger partial charge in [-0.05, 0) is 18.6 Å². The van der Waals surface area contributed by atoms with Gasteiger partial charge in [0.05, 0.1) is 11.0 Å². The number of rotatable bonds is 5. The van der Waals surface area contributed by atoms with Gasteiger partial charge in [-0.3, -0.25) is 13.9 Å². The lowest BCUT2D eigenvalue weighted by atomic mass is 10.3. The van der Waals surface area contributed by atoms with Crippen LogP contribution < -0.4 is 11.0 Å². The van der Waals surface area contributed by atoms with E-state index in [1.54, 1.807) is 29.6 Å². The third-order valence-electron chi connectivity index (χ3n) is 3.16. The SMILES string of the molecule is CCCn1c(=O)n(CC(=O)NCC(F)(F)F)c2ccccc21. The topological polar surface area (TPSA) is 56.0 Å². The summed E-state index contributed by atoms with van der Waals surface area (Å²) >= 11 is 0. The van der Waals surface area contributed by atoms with Crippen molar-refractivity contribution >= 4 is 16.9 Å².